The molecule has 1 aliphatic heterocycles. The van der Waals surface area contributed by atoms with Crippen LogP contribution in [0.25, 0.3) is 11.0 Å². The molecule has 1 fully saturated rings. The summed E-state index contributed by atoms with van der Waals surface area (Å²) in [4.78, 5) is 17.6. The molecule has 0 N–H and O–H groups in total. The zero-order valence-corrected chi connectivity index (χ0v) is 10.7. The van der Waals surface area contributed by atoms with Gasteiger partial charge in [-0.1, -0.05) is 12.1 Å². The molecule has 5 heteroatoms. The second kappa shape index (κ2) is 5.50. The third-order valence-corrected chi connectivity index (χ3v) is 3.49. The minimum atomic E-state index is 0.384. The SMILES string of the molecule is O=[C]c1nc2ccccc2n1CCN1CCOCC1. The van der Waals surface area contributed by atoms with Gasteiger partial charge in [-0.05, 0) is 12.1 Å². The second-order valence-corrected chi connectivity index (χ2v) is 4.63. The van der Waals surface area contributed by atoms with Gasteiger partial charge in [0.1, 0.15) is 0 Å². The van der Waals surface area contributed by atoms with Crippen LogP contribution in [0.3, 0.4) is 0 Å². The normalized spacial score (nSPS) is 16.8. The summed E-state index contributed by atoms with van der Waals surface area (Å²) in [5.74, 6) is 0.384. The number of morpholine rings is 1. The molecule has 1 aromatic heterocycles. The summed E-state index contributed by atoms with van der Waals surface area (Å²) in [5, 5.41) is 0. The van der Waals surface area contributed by atoms with Crippen LogP contribution in [0.4, 0.5) is 0 Å². The fourth-order valence-electron chi connectivity index (χ4n) is 2.45. The van der Waals surface area contributed by atoms with Crippen molar-refractivity contribution in [3.63, 3.8) is 0 Å². The molecule has 0 spiro atoms. The van der Waals surface area contributed by atoms with E-state index >= 15 is 0 Å². The van der Waals surface area contributed by atoms with Crippen molar-refractivity contribution < 1.29 is 9.53 Å². The molecule has 19 heavy (non-hydrogen) atoms. The maximum atomic E-state index is 11.0. The molecule has 0 amide bonds. The van der Waals surface area contributed by atoms with Crippen LogP contribution in [0, 0.1) is 0 Å². The molecular weight excluding hydrogens is 242 g/mol. The Hall–Kier alpha value is -1.72. The van der Waals surface area contributed by atoms with E-state index in [1.807, 2.05) is 35.1 Å². The fourth-order valence-corrected chi connectivity index (χ4v) is 2.45. The van der Waals surface area contributed by atoms with Gasteiger partial charge in [0, 0.05) is 26.2 Å². The Morgan fingerprint density at radius 1 is 1.21 bits per heavy atom. The number of ether oxygens (including phenoxy) is 1. The first-order chi connectivity index (χ1) is 9.38. The van der Waals surface area contributed by atoms with E-state index in [1.54, 1.807) is 0 Å². The van der Waals surface area contributed by atoms with Crippen molar-refractivity contribution in [3.05, 3.63) is 30.1 Å². The summed E-state index contributed by atoms with van der Waals surface area (Å²) in [6.45, 7) is 5.14. The molecule has 1 saturated heterocycles. The summed E-state index contributed by atoms with van der Waals surface area (Å²) in [7, 11) is 0. The number of carbonyl (C=O) groups excluding carboxylic acids is 1. The maximum Gasteiger partial charge on any atom is 0.272 e. The monoisotopic (exact) mass is 258 g/mol. The number of hydrogen-bond donors (Lipinski definition) is 0. The van der Waals surface area contributed by atoms with Crippen LogP contribution in [0.5, 0.6) is 0 Å². The van der Waals surface area contributed by atoms with E-state index < -0.39 is 0 Å². The molecular formula is C14H16N3O2. The smallest absolute Gasteiger partial charge is 0.272 e. The molecule has 3 rings (SSSR count). The fraction of sp³-hybridized carbons (Fsp3) is 0.429. The van der Waals surface area contributed by atoms with Crippen LogP contribution in [0.2, 0.25) is 0 Å². The average molecular weight is 258 g/mol. The lowest BCUT2D eigenvalue weighted by atomic mass is 10.3. The van der Waals surface area contributed by atoms with Crippen LogP contribution in [0.1, 0.15) is 5.82 Å². The van der Waals surface area contributed by atoms with E-state index in [1.165, 1.54) is 0 Å². The Balaban J connectivity index is 1.80. The first-order valence-electron chi connectivity index (χ1n) is 6.52. The number of aromatic nitrogens is 2. The Labute approximate surface area is 111 Å². The van der Waals surface area contributed by atoms with Crippen molar-refractivity contribution in [2.75, 3.05) is 32.8 Å². The van der Waals surface area contributed by atoms with Gasteiger partial charge in [0.15, 0.2) is 5.82 Å². The lowest BCUT2D eigenvalue weighted by molar-refractivity contribution is 0.0365. The van der Waals surface area contributed by atoms with E-state index in [-0.39, 0.29) is 0 Å². The predicted molar refractivity (Wildman–Crippen MR) is 71.8 cm³/mol. The molecule has 0 saturated carbocycles. The maximum absolute atomic E-state index is 11.0. The Kier molecular flexibility index (Phi) is 3.57. The molecule has 0 bridgehead atoms. The topological polar surface area (TPSA) is 47.4 Å². The lowest BCUT2D eigenvalue weighted by Crippen LogP contribution is -2.38. The Bertz CT molecular complexity index is 573. The quantitative estimate of drug-likeness (QED) is 0.815. The number of imidazole rings is 1. The molecule has 0 aliphatic carbocycles. The van der Waals surface area contributed by atoms with Gasteiger partial charge in [-0.25, -0.2) is 4.98 Å². The molecule has 2 aromatic rings. The zero-order valence-electron chi connectivity index (χ0n) is 10.7. The van der Waals surface area contributed by atoms with Crippen LogP contribution in [0.15, 0.2) is 24.3 Å². The third-order valence-electron chi connectivity index (χ3n) is 3.49. The summed E-state index contributed by atoms with van der Waals surface area (Å²) in [6.07, 6.45) is 1.93. The Morgan fingerprint density at radius 2 is 2.00 bits per heavy atom. The van der Waals surface area contributed by atoms with Crippen molar-refractivity contribution in [3.8, 4) is 0 Å². The van der Waals surface area contributed by atoms with Gasteiger partial charge in [0.25, 0.3) is 6.29 Å². The first kappa shape index (κ1) is 12.3. The van der Waals surface area contributed by atoms with Crippen LogP contribution < -0.4 is 0 Å². The van der Waals surface area contributed by atoms with E-state index in [0.717, 1.165) is 50.4 Å². The van der Waals surface area contributed by atoms with Gasteiger partial charge in [0.2, 0.25) is 0 Å². The van der Waals surface area contributed by atoms with Crippen molar-refractivity contribution in [2.24, 2.45) is 0 Å². The van der Waals surface area contributed by atoms with Crippen LogP contribution >= 0.6 is 0 Å². The van der Waals surface area contributed by atoms with Gasteiger partial charge >= 0.3 is 0 Å². The summed E-state index contributed by atoms with van der Waals surface area (Å²) < 4.78 is 7.27. The Morgan fingerprint density at radius 3 is 2.79 bits per heavy atom. The van der Waals surface area contributed by atoms with E-state index in [4.69, 9.17) is 4.74 Å². The standard InChI is InChI=1S/C14H16N3O2/c18-11-14-15-12-3-1-2-4-13(12)17(14)6-5-16-7-9-19-10-8-16/h1-4H,5-10H2. The van der Waals surface area contributed by atoms with Gasteiger partial charge in [-0.2, -0.15) is 0 Å². The number of benzene rings is 1. The summed E-state index contributed by atoms with van der Waals surface area (Å²) >= 11 is 0. The van der Waals surface area contributed by atoms with Crippen molar-refractivity contribution in [2.45, 2.75) is 6.54 Å². The summed E-state index contributed by atoms with van der Waals surface area (Å²) in [5.41, 5.74) is 1.84. The highest BCUT2D eigenvalue weighted by molar-refractivity contribution is 5.83. The molecule has 2 heterocycles. The number of hydrogen-bond acceptors (Lipinski definition) is 4. The minimum Gasteiger partial charge on any atom is -0.379 e. The molecule has 5 nitrogen and oxygen atoms in total. The molecule has 0 atom stereocenters. The van der Waals surface area contributed by atoms with Gasteiger partial charge in [-0.15, -0.1) is 0 Å². The van der Waals surface area contributed by atoms with Crippen molar-refractivity contribution >= 4 is 17.3 Å². The minimum absolute atomic E-state index is 0.384. The zero-order chi connectivity index (χ0) is 13.1. The second-order valence-electron chi connectivity index (χ2n) is 4.63. The van der Waals surface area contributed by atoms with Gasteiger partial charge in [0.05, 0.1) is 24.2 Å². The number of rotatable bonds is 4. The molecule has 0 unspecified atom stereocenters. The van der Waals surface area contributed by atoms with Crippen LogP contribution in [-0.4, -0.2) is 53.6 Å². The highest BCUT2D eigenvalue weighted by Crippen LogP contribution is 2.15. The van der Waals surface area contributed by atoms with E-state index in [0.29, 0.717) is 5.82 Å². The number of nitrogens with zero attached hydrogens (tertiary/aromatic N) is 3. The van der Waals surface area contributed by atoms with Gasteiger partial charge < -0.3 is 9.30 Å². The first-order valence-corrected chi connectivity index (χ1v) is 6.52. The number of fused-ring (bicyclic) bond motifs is 1. The molecule has 99 valence electrons. The lowest BCUT2D eigenvalue weighted by Gasteiger charge is -2.26. The van der Waals surface area contributed by atoms with Gasteiger partial charge in [-0.3, -0.25) is 9.69 Å². The average Bonchev–Trinajstić information content (AvgIpc) is 2.84. The van der Waals surface area contributed by atoms with Crippen molar-refractivity contribution in [1.82, 2.24) is 14.5 Å². The third kappa shape index (κ3) is 2.52. The summed E-state index contributed by atoms with van der Waals surface area (Å²) in [6, 6.07) is 7.80. The van der Waals surface area contributed by atoms with E-state index in [9.17, 15) is 4.79 Å². The van der Waals surface area contributed by atoms with Crippen LogP contribution in [-0.2, 0) is 16.1 Å². The predicted octanol–water partition coefficient (Wildman–Crippen LogP) is 0.826. The molecule has 1 radical (unpaired) electrons. The number of para-hydroxylation sites is 2. The molecule has 1 aliphatic rings. The highest BCUT2D eigenvalue weighted by atomic mass is 16.5. The van der Waals surface area contributed by atoms with E-state index in [2.05, 4.69) is 9.88 Å². The largest absolute Gasteiger partial charge is 0.379 e. The molecule has 1 aromatic carbocycles. The highest BCUT2D eigenvalue weighted by Gasteiger charge is 2.13. The van der Waals surface area contributed by atoms with Crippen molar-refractivity contribution in [1.29, 1.82) is 0 Å².